The molecule has 0 amide bonds. The van der Waals surface area contributed by atoms with Crippen LogP contribution in [0.25, 0.3) is 0 Å². The summed E-state index contributed by atoms with van der Waals surface area (Å²) in [5, 5.41) is 4.08. The van der Waals surface area contributed by atoms with Crippen molar-refractivity contribution in [2.75, 3.05) is 6.61 Å². The number of para-hydroxylation sites is 1. The molecule has 5 heteroatoms. The molecule has 4 nitrogen and oxygen atoms in total. The highest BCUT2D eigenvalue weighted by atomic mass is 19.1. The molecular formula is C15H20FN3O. The Labute approximate surface area is 118 Å². The maximum Gasteiger partial charge on any atom is 0.165 e. The predicted octanol–water partition coefficient (Wildman–Crippen LogP) is 2.38. The number of hydrogen-bond acceptors (Lipinski definition) is 3. The van der Waals surface area contributed by atoms with Crippen LogP contribution in [-0.4, -0.2) is 22.4 Å². The molecule has 108 valence electrons. The van der Waals surface area contributed by atoms with Gasteiger partial charge in [0.25, 0.3) is 0 Å². The average Bonchev–Trinajstić information content (AvgIpc) is 2.95. The monoisotopic (exact) mass is 277 g/mol. The number of ether oxygens (including phenoxy) is 1. The van der Waals surface area contributed by atoms with Gasteiger partial charge in [-0.2, -0.15) is 5.10 Å². The second-order valence-corrected chi connectivity index (χ2v) is 4.72. The number of aromatic nitrogens is 2. The molecule has 0 saturated carbocycles. The van der Waals surface area contributed by atoms with E-state index in [9.17, 15) is 4.39 Å². The van der Waals surface area contributed by atoms with Gasteiger partial charge in [-0.25, -0.2) is 4.39 Å². The second-order valence-electron chi connectivity index (χ2n) is 4.72. The van der Waals surface area contributed by atoms with E-state index < -0.39 is 0 Å². The molecule has 0 spiro atoms. The molecule has 20 heavy (non-hydrogen) atoms. The van der Waals surface area contributed by atoms with Crippen molar-refractivity contribution in [3.8, 4) is 5.75 Å². The van der Waals surface area contributed by atoms with E-state index >= 15 is 0 Å². The molecule has 2 rings (SSSR count). The number of halogens is 1. The van der Waals surface area contributed by atoms with Crippen molar-refractivity contribution in [3.05, 3.63) is 48.0 Å². The zero-order chi connectivity index (χ0) is 14.4. The Morgan fingerprint density at radius 1 is 1.40 bits per heavy atom. The molecule has 1 aromatic carbocycles. The first-order valence-electron chi connectivity index (χ1n) is 6.84. The predicted molar refractivity (Wildman–Crippen MR) is 76.1 cm³/mol. The van der Waals surface area contributed by atoms with Crippen molar-refractivity contribution < 1.29 is 9.13 Å². The highest BCUT2D eigenvalue weighted by Gasteiger charge is 2.12. The SMILES string of the molecule is CCC(N)Cc1cccc(F)c1OCCn1cccn1. The average molecular weight is 277 g/mol. The molecule has 0 bridgehead atoms. The lowest BCUT2D eigenvalue weighted by molar-refractivity contribution is 0.275. The van der Waals surface area contributed by atoms with Gasteiger partial charge in [0.05, 0.1) is 6.54 Å². The summed E-state index contributed by atoms with van der Waals surface area (Å²) in [6.45, 7) is 2.97. The van der Waals surface area contributed by atoms with Gasteiger partial charge in [0.1, 0.15) is 6.61 Å². The summed E-state index contributed by atoms with van der Waals surface area (Å²) in [5.41, 5.74) is 6.76. The summed E-state index contributed by atoms with van der Waals surface area (Å²) in [4.78, 5) is 0. The number of benzene rings is 1. The van der Waals surface area contributed by atoms with Crippen molar-refractivity contribution >= 4 is 0 Å². The Morgan fingerprint density at radius 2 is 2.25 bits per heavy atom. The molecule has 2 aromatic rings. The van der Waals surface area contributed by atoms with Crippen LogP contribution in [0.5, 0.6) is 5.75 Å². The topological polar surface area (TPSA) is 53.1 Å². The maximum absolute atomic E-state index is 13.9. The van der Waals surface area contributed by atoms with E-state index in [1.54, 1.807) is 16.9 Å². The summed E-state index contributed by atoms with van der Waals surface area (Å²) >= 11 is 0. The van der Waals surface area contributed by atoms with E-state index in [1.165, 1.54) is 6.07 Å². The van der Waals surface area contributed by atoms with Crippen LogP contribution in [0, 0.1) is 5.82 Å². The second kappa shape index (κ2) is 7.05. The molecule has 0 aliphatic heterocycles. The highest BCUT2D eigenvalue weighted by molar-refractivity contribution is 5.35. The van der Waals surface area contributed by atoms with Crippen LogP contribution in [0.15, 0.2) is 36.7 Å². The Morgan fingerprint density at radius 3 is 2.95 bits per heavy atom. The zero-order valence-corrected chi connectivity index (χ0v) is 11.6. The number of nitrogens with two attached hydrogens (primary N) is 1. The first-order valence-corrected chi connectivity index (χ1v) is 6.84. The third-order valence-electron chi connectivity index (χ3n) is 3.18. The van der Waals surface area contributed by atoms with E-state index in [0.29, 0.717) is 25.3 Å². The van der Waals surface area contributed by atoms with Gasteiger partial charge in [0.2, 0.25) is 0 Å². The Bertz CT molecular complexity index is 528. The molecule has 1 aromatic heterocycles. The highest BCUT2D eigenvalue weighted by Crippen LogP contribution is 2.24. The fourth-order valence-corrected chi connectivity index (χ4v) is 1.98. The van der Waals surface area contributed by atoms with Crippen LogP contribution >= 0.6 is 0 Å². The van der Waals surface area contributed by atoms with E-state index in [-0.39, 0.29) is 11.9 Å². The summed E-state index contributed by atoms with van der Waals surface area (Å²) in [6, 6.07) is 6.82. The molecular weight excluding hydrogens is 257 g/mol. The van der Waals surface area contributed by atoms with Crippen molar-refractivity contribution in [2.45, 2.75) is 32.4 Å². The molecule has 0 saturated heterocycles. The number of rotatable bonds is 7. The lowest BCUT2D eigenvalue weighted by atomic mass is 10.0. The van der Waals surface area contributed by atoms with Crippen molar-refractivity contribution in [3.63, 3.8) is 0 Å². The Kier molecular flexibility index (Phi) is 5.12. The van der Waals surface area contributed by atoms with Crippen molar-refractivity contribution in [2.24, 2.45) is 5.73 Å². The minimum Gasteiger partial charge on any atom is -0.488 e. The van der Waals surface area contributed by atoms with E-state index in [0.717, 1.165) is 12.0 Å². The van der Waals surface area contributed by atoms with Gasteiger partial charge in [-0.3, -0.25) is 4.68 Å². The molecule has 0 aliphatic rings. The first-order chi connectivity index (χ1) is 9.70. The molecule has 2 N–H and O–H groups in total. The smallest absolute Gasteiger partial charge is 0.165 e. The third kappa shape index (κ3) is 3.81. The molecule has 0 radical (unpaired) electrons. The molecule has 1 atom stereocenters. The minimum absolute atomic E-state index is 0.0188. The van der Waals surface area contributed by atoms with E-state index in [2.05, 4.69) is 5.10 Å². The van der Waals surface area contributed by atoms with Crippen molar-refractivity contribution in [1.82, 2.24) is 9.78 Å². The Balaban J connectivity index is 2.01. The van der Waals surface area contributed by atoms with Gasteiger partial charge in [-0.05, 0) is 30.5 Å². The van der Waals surface area contributed by atoms with E-state index in [4.69, 9.17) is 10.5 Å². The minimum atomic E-state index is -0.341. The van der Waals surface area contributed by atoms with Crippen LogP contribution in [0.4, 0.5) is 4.39 Å². The number of hydrogen-bond donors (Lipinski definition) is 1. The van der Waals surface area contributed by atoms with Gasteiger partial charge in [0.15, 0.2) is 11.6 Å². The maximum atomic E-state index is 13.9. The van der Waals surface area contributed by atoms with Crippen LogP contribution < -0.4 is 10.5 Å². The molecule has 1 unspecified atom stereocenters. The molecule has 0 aliphatic carbocycles. The summed E-state index contributed by atoms with van der Waals surface area (Å²) in [7, 11) is 0. The fourth-order valence-electron chi connectivity index (χ4n) is 1.98. The fraction of sp³-hybridized carbons (Fsp3) is 0.400. The Hall–Kier alpha value is -1.88. The van der Waals surface area contributed by atoms with Gasteiger partial charge in [-0.15, -0.1) is 0 Å². The summed E-state index contributed by atoms with van der Waals surface area (Å²) in [6.07, 6.45) is 5.02. The normalized spacial score (nSPS) is 12.3. The standard InChI is InChI=1S/C15H20FN3O/c1-2-13(17)11-12-5-3-6-14(16)15(12)20-10-9-19-8-4-7-18-19/h3-8,13H,2,9-11,17H2,1H3. The summed E-state index contributed by atoms with van der Waals surface area (Å²) in [5.74, 6) is -0.0326. The first kappa shape index (κ1) is 14.5. The van der Waals surface area contributed by atoms with Crippen LogP contribution in [0.3, 0.4) is 0 Å². The van der Waals surface area contributed by atoms with Crippen LogP contribution in [-0.2, 0) is 13.0 Å². The quantitative estimate of drug-likeness (QED) is 0.845. The third-order valence-corrected chi connectivity index (χ3v) is 3.18. The van der Waals surface area contributed by atoms with Gasteiger partial charge in [0, 0.05) is 18.4 Å². The van der Waals surface area contributed by atoms with Gasteiger partial charge >= 0.3 is 0 Å². The largest absolute Gasteiger partial charge is 0.488 e. The van der Waals surface area contributed by atoms with E-state index in [1.807, 2.05) is 25.3 Å². The zero-order valence-electron chi connectivity index (χ0n) is 11.6. The van der Waals surface area contributed by atoms with Crippen LogP contribution in [0.1, 0.15) is 18.9 Å². The van der Waals surface area contributed by atoms with Gasteiger partial charge in [-0.1, -0.05) is 19.1 Å². The van der Waals surface area contributed by atoms with Gasteiger partial charge < -0.3 is 10.5 Å². The molecule has 0 fully saturated rings. The lowest BCUT2D eigenvalue weighted by Gasteiger charge is -2.15. The molecule has 1 heterocycles. The van der Waals surface area contributed by atoms with Crippen molar-refractivity contribution in [1.29, 1.82) is 0 Å². The number of nitrogens with zero attached hydrogens (tertiary/aromatic N) is 2. The van der Waals surface area contributed by atoms with Crippen LogP contribution in [0.2, 0.25) is 0 Å². The lowest BCUT2D eigenvalue weighted by Crippen LogP contribution is -2.22. The summed E-state index contributed by atoms with van der Waals surface area (Å²) < 4.78 is 21.2.